The van der Waals surface area contributed by atoms with Crippen molar-refractivity contribution < 1.29 is 4.39 Å². The summed E-state index contributed by atoms with van der Waals surface area (Å²) in [5.74, 6) is 1.38. The molecule has 0 saturated carbocycles. The minimum atomic E-state index is -0.216. The Balaban J connectivity index is 1.87. The molecule has 3 rings (SSSR count). The summed E-state index contributed by atoms with van der Waals surface area (Å²) in [5.41, 5.74) is 2.25. The summed E-state index contributed by atoms with van der Waals surface area (Å²) < 4.78 is 13.8. The van der Waals surface area contributed by atoms with Crippen LogP contribution in [0.1, 0.15) is 17.9 Å². The highest BCUT2D eigenvalue weighted by Crippen LogP contribution is 2.25. The molecule has 1 saturated heterocycles. The van der Waals surface area contributed by atoms with Gasteiger partial charge in [-0.2, -0.15) is 0 Å². The van der Waals surface area contributed by atoms with Gasteiger partial charge < -0.3 is 10.3 Å². The predicted octanol–water partition coefficient (Wildman–Crippen LogP) is 2.68. The molecule has 3 nitrogen and oxygen atoms in total. The number of aromatic amines is 1. The van der Waals surface area contributed by atoms with E-state index in [2.05, 4.69) is 15.3 Å². The van der Waals surface area contributed by atoms with Gasteiger partial charge >= 0.3 is 0 Å². The first-order valence-electron chi connectivity index (χ1n) is 6.75. The van der Waals surface area contributed by atoms with E-state index in [1.54, 1.807) is 12.1 Å². The Bertz CT molecular complexity index is 571. The largest absolute Gasteiger partial charge is 0.346 e. The molecule has 1 fully saturated rings. The van der Waals surface area contributed by atoms with Gasteiger partial charge in [0.05, 0.1) is 5.69 Å². The highest BCUT2D eigenvalue weighted by atomic mass is 19.1. The van der Waals surface area contributed by atoms with E-state index >= 15 is 0 Å². The number of hydrogen-bond acceptors (Lipinski definition) is 2. The van der Waals surface area contributed by atoms with Gasteiger partial charge in [0, 0.05) is 17.7 Å². The summed E-state index contributed by atoms with van der Waals surface area (Å²) >= 11 is 0. The van der Waals surface area contributed by atoms with Crippen molar-refractivity contribution in [2.24, 2.45) is 5.92 Å². The fourth-order valence-corrected chi connectivity index (χ4v) is 2.70. The van der Waals surface area contributed by atoms with E-state index in [0.29, 0.717) is 11.5 Å². The van der Waals surface area contributed by atoms with E-state index in [0.717, 1.165) is 36.7 Å². The average molecular weight is 259 g/mol. The van der Waals surface area contributed by atoms with E-state index < -0.39 is 0 Å². The van der Waals surface area contributed by atoms with Gasteiger partial charge in [-0.1, -0.05) is 12.1 Å². The lowest BCUT2D eigenvalue weighted by Gasteiger charge is -2.04. The van der Waals surface area contributed by atoms with Gasteiger partial charge in [0.1, 0.15) is 11.6 Å². The molecular weight excluding hydrogens is 241 g/mol. The number of rotatable bonds is 3. The van der Waals surface area contributed by atoms with Crippen LogP contribution in [0.15, 0.2) is 24.3 Å². The average Bonchev–Trinajstić information content (AvgIpc) is 3.01. The molecule has 0 spiro atoms. The van der Waals surface area contributed by atoms with E-state index in [1.165, 1.54) is 12.5 Å². The lowest BCUT2D eigenvalue weighted by Crippen LogP contribution is -2.11. The normalized spacial score (nSPS) is 18.9. The van der Waals surface area contributed by atoms with Crippen molar-refractivity contribution in [1.29, 1.82) is 0 Å². The van der Waals surface area contributed by atoms with Crippen LogP contribution >= 0.6 is 0 Å². The lowest BCUT2D eigenvalue weighted by atomic mass is 10.1. The summed E-state index contributed by atoms with van der Waals surface area (Å²) in [4.78, 5) is 7.87. The van der Waals surface area contributed by atoms with Crippen molar-refractivity contribution >= 4 is 0 Å². The number of aryl methyl sites for hydroxylation is 1. The molecule has 2 aromatic rings. The highest BCUT2D eigenvalue weighted by molar-refractivity contribution is 5.62. The summed E-state index contributed by atoms with van der Waals surface area (Å²) in [6.07, 6.45) is 2.12. The second-order valence-electron chi connectivity index (χ2n) is 5.20. The zero-order valence-corrected chi connectivity index (χ0v) is 11.0. The summed E-state index contributed by atoms with van der Waals surface area (Å²) in [6.45, 7) is 4.09. The molecule has 1 aliphatic heterocycles. The minimum Gasteiger partial charge on any atom is -0.346 e. The second-order valence-corrected chi connectivity index (χ2v) is 5.20. The smallest absolute Gasteiger partial charge is 0.132 e. The van der Waals surface area contributed by atoms with E-state index in [1.807, 2.05) is 13.0 Å². The molecule has 1 unspecified atom stereocenters. The number of nitrogens with zero attached hydrogens (tertiary/aromatic N) is 1. The van der Waals surface area contributed by atoms with E-state index in [4.69, 9.17) is 0 Å². The van der Waals surface area contributed by atoms with Crippen molar-refractivity contribution in [3.05, 3.63) is 41.6 Å². The Labute approximate surface area is 112 Å². The number of halogens is 1. The number of aromatic nitrogens is 2. The van der Waals surface area contributed by atoms with Crippen LogP contribution in [0.4, 0.5) is 4.39 Å². The molecule has 1 aliphatic rings. The number of imidazole rings is 1. The molecule has 2 heterocycles. The van der Waals surface area contributed by atoms with Crippen molar-refractivity contribution in [3.63, 3.8) is 0 Å². The molecule has 0 bridgehead atoms. The Kier molecular flexibility index (Phi) is 3.34. The molecule has 1 aromatic carbocycles. The summed E-state index contributed by atoms with van der Waals surface area (Å²) in [7, 11) is 0. The van der Waals surface area contributed by atoms with Crippen LogP contribution < -0.4 is 5.32 Å². The van der Waals surface area contributed by atoms with Crippen LogP contribution in [0.5, 0.6) is 0 Å². The maximum atomic E-state index is 13.8. The number of nitrogens with one attached hydrogen (secondary N) is 2. The minimum absolute atomic E-state index is 0.216. The van der Waals surface area contributed by atoms with Gasteiger partial charge in [-0.3, -0.25) is 0 Å². The number of hydrogen-bond donors (Lipinski definition) is 2. The number of benzene rings is 1. The molecule has 1 aromatic heterocycles. The first-order chi connectivity index (χ1) is 9.24. The van der Waals surface area contributed by atoms with Crippen molar-refractivity contribution in [2.45, 2.75) is 19.8 Å². The highest BCUT2D eigenvalue weighted by Gasteiger charge is 2.18. The molecule has 0 aliphatic carbocycles. The molecule has 0 amide bonds. The monoisotopic (exact) mass is 259 g/mol. The molecule has 2 N–H and O–H groups in total. The SMILES string of the molecule is Cc1[nH]c(CC2CCNC2)nc1-c1ccccc1F. The Morgan fingerprint density at radius 3 is 2.95 bits per heavy atom. The Morgan fingerprint density at radius 2 is 2.21 bits per heavy atom. The van der Waals surface area contributed by atoms with Crippen molar-refractivity contribution in [1.82, 2.24) is 15.3 Å². The standard InChI is InChI=1S/C15H18FN3/c1-10-15(12-4-2-3-5-13(12)16)19-14(18-10)8-11-6-7-17-9-11/h2-5,11,17H,6-9H2,1H3,(H,18,19). The molecule has 100 valence electrons. The lowest BCUT2D eigenvalue weighted by molar-refractivity contribution is 0.564. The molecule has 1 atom stereocenters. The van der Waals surface area contributed by atoms with Crippen LogP contribution in [0, 0.1) is 18.7 Å². The fourth-order valence-electron chi connectivity index (χ4n) is 2.70. The molecule has 19 heavy (non-hydrogen) atoms. The molecule has 0 radical (unpaired) electrons. The molecular formula is C15H18FN3. The summed E-state index contributed by atoms with van der Waals surface area (Å²) in [5, 5.41) is 3.35. The maximum absolute atomic E-state index is 13.8. The van der Waals surface area contributed by atoms with Crippen LogP contribution in [0.3, 0.4) is 0 Å². The van der Waals surface area contributed by atoms with Crippen molar-refractivity contribution in [2.75, 3.05) is 13.1 Å². The van der Waals surface area contributed by atoms with Gasteiger partial charge in [0.15, 0.2) is 0 Å². The fraction of sp³-hybridized carbons (Fsp3) is 0.400. The van der Waals surface area contributed by atoms with Gasteiger partial charge in [0.25, 0.3) is 0 Å². The topological polar surface area (TPSA) is 40.7 Å². The number of H-pyrrole nitrogens is 1. The second kappa shape index (κ2) is 5.13. The van der Waals surface area contributed by atoms with Crippen LogP contribution in [-0.2, 0) is 6.42 Å². The van der Waals surface area contributed by atoms with Crippen LogP contribution in [-0.4, -0.2) is 23.1 Å². The third-order valence-corrected chi connectivity index (χ3v) is 3.71. The van der Waals surface area contributed by atoms with E-state index in [-0.39, 0.29) is 5.82 Å². The maximum Gasteiger partial charge on any atom is 0.132 e. The quantitative estimate of drug-likeness (QED) is 0.889. The van der Waals surface area contributed by atoms with E-state index in [9.17, 15) is 4.39 Å². The third kappa shape index (κ3) is 2.54. The predicted molar refractivity (Wildman–Crippen MR) is 73.4 cm³/mol. The Hall–Kier alpha value is -1.68. The van der Waals surface area contributed by atoms with Crippen molar-refractivity contribution in [3.8, 4) is 11.3 Å². The zero-order valence-electron chi connectivity index (χ0n) is 11.0. The first-order valence-corrected chi connectivity index (χ1v) is 6.75. The third-order valence-electron chi connectivity index (χ3n) is 3.71. The summed E-state index contributed by atoms with van der Waals surface area (Å²) in [6, 6.07) is 6.79. The van der Waals surface area contributed by atoms with Gasteiger partial charge in [-0.15, -0.1) is 0 Å². The molecule has 4 heteroatoms. The van der Waals surface area contributed by atoms with Gasteiger partial charge in [-0.05, 0) is 44.5 Å². The Morgan fingerprint density at radius 1 is 1.37 bits per heavy atom. The van der Waals surface area contributed by atoms with Crippen LogP contribution in [0.25, 0.3) is 11.3 Å². The van der Waals surface area contributed by atoms with Gasteiger partial charge in [-0.25, -0.2) is 9.37 Å². The van der Waals surface area contributed by atoms with Gasteiger partial charge in [0.2, 0.25) is 0 Å². The van der Waals surface area contributed by atoms with Crippen LogP contribution in [0.2, 0.25) is 0 Å². The first kappa shape index (κ1) is 12.4. The zero-order chi connectivity index (χ0) is 13.2.